The van der Waals surface area contributed by atoms with Gasteiger partial charge in [0.25, 0.3) is 0 Å². The highest BCUT2D eigenvalue weighted by atomic mass is 16.5. The molecule has 19 heavy (non-hydrogen) atoms. The zero-order chi connectivity index (χ0) is 14.1. The molecule has 0 radical (unpaired) electrons. The molecular formula is C15H28N2O2. The number of nitrogens with one attached hydrogen (secondary N) is 1. The molecule has 0 spiro atoms. The Morgan fingerprint density at radius 2 is 2.16 bits per heavy atom. The minimum atomic E-state index is -0.394. The van der Waals surface area contributed by atoms with E-state index >= 15 is 0 Å². The maximum atomic E-state index is 12.7. The largest absolute Gasteiger partial charge is 0.373 e. The first kappa shape index (κ1) is 14.8. The predicted octanol–water partition coefficient (Wildman–Crippen LogP) is 2.28. The van der Waals surface area contributed by atoms with Crippen molar-refractivity contribution in [2.24, 2.45) is 0 Å². The van der Waals surface area contributed by atoms with Crippen LogP contribution in [0.2, 0.25) is 0 Å². The van der Waals surface area contributed by atoms with Gasteiger partial charge in [-0.3, -0.25) is 10.1 Å². The number of carbonyl (C=O) groups excluding carboxylic acids is 1. The number of hydrogen-bond donors (Lipinski definition) is 1. The summed E-state index contributed by atoms with van der Waals surface area (Å²) in [6.07, 6.45) is 5.26. The molecule has 2 aliphatic heterocycles. The summed E-state index contributed by atoms with van der Waals surface area (Å²) in [6, 6.07) is 0. The summed E-state index contributed by atoms with van der Waals surface area (Å²) in [7, 11) is 0. The number of amides is 1. The van der Waals surface area contributed by atoms with E-state index < -0.39 is 5.54 Å². The van der Waals surface area contributed by atoms with Crippen LogP contribution >= 0.6 is 0 Å². The van der Waals surface area contributed by atoms with Gasteiger partial charge in [-0.2, -0.15) is 0 Å². The molecule has 0 aromatic rings. The van der Waals surface area contributed by atoms with E-state index in [-0.39, 0.29) is 17.7 Å². The molecule has 0 saturated carbocycles. The van der Waals surface area contributed by atoms with Crippen LogP contribution in [0.15, 0.2) is 0 Å². The van der Waals surface area contributed by atoms with E-state index in [9.17, 15) is 4.79 Å². The van der Waals surface area contributed by atoms with Crippen molar-refractivity contribution in [2.75, 3.05) is 13.2 Å². The quantitative estimate of drug-likeness (QED) is 0.831. The number of ether oxygens (including phenoxy) is 1. The standard InChI is InChI=1S/C15H28N2O2/c1-5-8-12-16-15(4,6-2)13(18)17(12)11-14(3)9-7-10-19-14/h12,16H,5-11H2,1-4H3. The topological polar surface area (TPSA) is 41.6 Å². The Labute approximate surface area is 116 Å². The monoisotopic (exact) mass is 268 g/mol. The lowest BCUT2D eigenvalue weighted by atomic mass is 9.98. The van der Waals surface area contributed by atoms with E-state index in [4.69, 9.17) is 4.74 Å². The lowest BCUT2D eigenvalue weighted by Crippen LogP contribution is -2.47. The second kappa shape index (κ2) is 5.41. The number of nitrogens with zero attached hydrogens (tertiary/aromatic N) is 1. The lowest BCUT2D eigenvalue weighted by molar-refractivity contribution is -0.136. The highest BCUT2D eigenvalue weighted by Gasteiger charge is 2.48. The Morgan fingerprint density at radius 1 is 1.42 bits per heavy atom. The fraction of sp³-hybridized carbons (Fsp3) is 0.933. The summed E-state index contributed by atoms with van der Waals surface area (Å²) >= 11 is 0. The Balaban J connectivity index is 2.13. The van der Waals surface area contributed by atoms with Crippen molar-refractivity contribution in [3.8, 4) is 0 Å². The van der Waals surface area contributed by atoms with Gasteiger partial charge in [0.15, 0.2) is 0 Å². The number of rotatable bonds is 5. The zero-order valence-electron chi connectivity index (χ0n) is 12.8. The van der Waals surface area contributed by atoms with Crippen LogP contribution in [0, 0.1) is 0 Å². The summed E-state index contributed by atoms with van der Waals surface area (Å²) < 4.78 is 5.86. The summed E-state index contributed by atoms with van der Waals surface area (Å²) in [4.78, 5) is 14.7. The van der Waals surface area contributed by atoms with E-state index in [0.717, 1.165) is 45.3 Å². The fourth-order valence-corrected chi connectivity index (χ4v) is 3.22. The molecule has 4 heteroatoms. The molecule has 1 N–H and O–H groups in total. The summed E-state index contributed by atoms with van der Waals surface area (Å²) in [5, 5.41) is 3.53. The van der Waals surface area contributed by atoms with Gasteiger partial charge in [-0.15, -0.1) is 0 Å². The van der Waals surface area contributed by atoms with Crippen molar-refractivity contribution in [1.82, 2.24) is 10.2 Å². The van der Waals surface area contributed by atoms with Gasteiger partial charge in [-0.25, -0.2) is 0 Å². The summed E-state index contributed by atoms with van der Waals surface area (Å²) in [5.41, 5.74) is -0.545. The van der Waals surface area contributed by atoms with Crippen molar-refractivity contribution in [3.05, 3.63) is 0 Å². The Bertz CT molecular complexity index is 339. The highest BCUT2D eigenvalue weighted by Crippen LogP contribution is 2.32. The second-order valence-corrected chi connectivity index (χ2v) is 6.47. The third kappa shape index (κ3) is 2.79. The van der Waals surface area contributed by atoms with Crippen LogP contribution in [0.5, 0.6) is 0 Å². The SMILES string of the molecule is CCCC1NC(C)(CC)C(=O)N1CC1(C)CCCO1. The third-order valence-electron chi connectivity index (χ3n) is 4.67. The van der Waals surface area contributed by atoms with Crippen LogP contribution in [0.4, 0.5) is 0 Å². The highest BCUT2D eigenvalue weighted by molar-refractivity contribution is 5.88. The Hall–Kier alpha value is -0.610. The Morgan fingerprint density at radius 3 is 2.68 bits per heavy atom. The molecule has 3 unspecified atom stereocenters. The van der Waals surface area contributed by atoms with Gasteiger partial charge < -0.3 is 9.64 Å². The molecule has 4 nitrogen and oxygen atoms in total. The van der Waals surface area contributed by atoms with E-state index in [1.165, 1.54) is 0 Å². The number of hydrogen-bond acceptors (Lipinski definition) is 3. The molecule has 2 fully saturated rings. The van der Waals surface area contributed by atoms with Crippen LogP contribution in [0.25, 0.3) is 0 Å². The van der Waals surface area contributed by atoms with Gasteiger partial charge in [-0.05, 0) is 39.5 Å². The van der Waals surface area contributed by atoms with Crippen molar-refractivity contribution in [1.29, 1.82) is 0 Å². The first-order valence-corrected chi connectivity index (χ1v) is 7.67. The zero-order valence-corrected chi connectivity index (χ0v) is 12.8. The van der Waals surface area contributed by atoms with Gasteiger partial charge in [0.1, 0.15) is 0 Å². The van der Waals surface area contributed by atoms with Gasteiger partial charge >= 0.3 is 0 Å². The maximum absolute atomic E-state index is 12.7. The average Bonchev–Trinajstić information content (AvgIpc) is 2.89. The predicted molar refractivity (Wildman–Crippen MR) is 75.8 cm³/mol. The first-order chi connectivity index (χ1) is 8.94. The normalized spacial score (nSPS) is 39.3. The summed E-state index contributed by atoms with van der Waals surface area (Å²) in [6.45, 7) is 9.95. The van der Waals surface area contributed by atoms with Crippen LogP contribution in [0.1, 0.15) is 59.8 Å². The van der Waals surface area contributed by atoms with Gasteiger partial charge in [0, 0.05) is 6.61 Å². The molecule has 110 valence electrons. The van der Waals surface area contributed by atoms with Crippen LogP contribution < -0.4 is 5.32 Å². The molecule has 0 aromatic heterocycles. The fourth-order valence-electron chi connectivity index (χ4n) is 3.22. The van der Waals surface area contributed by atoms with Gasteiger partial charge in [0.05, 0.1) is 23.9 Å². The molecule has 3 atom stereocenters. The molecule has 0 aliphatic carbocycles. The van der Waals surface area contributed by atoms with Crippen molar-refractivity contribution in [2.45, 2.75) is 77.1 Å². The van der Waals surface area contributed by atoms with E-state index in [1.54, 1.807) is 0 Å². The van der Waals surface area contributed by atoms with Gasteiger partial charge in [0.2, 0.25) is 5.91 Å². The molecular weight excluding hydrogens is 240 g/mol. The van der Waals surface area contributed by atoms with Crippen LogP contribution in [-0.2, 0) is 9.53 Å². The minimum Gasteiger partial charge on any atom is -0.373 e. The molecule has 2 rings (SSSR count). The van der Waals surface area contributed by atoms with Crippen molar-refractivity contribution in [3.63, 3.8) is 0 Å². The van der Waals surface area contributed by atoms with Gasteiger partial charge in [-0.1, -0.05) is 20.3 Å². The second-order valence-electron chi connectivity index (χ2n) is 6.47. The first-order valence-electron chi connectivity index (χ1n) is 7.67. The summed E-state index contributed by atoms with van der Waals surface area (Å²) in [5.74, 6) is 0.241. The van der Waals surface area contributed by atoms with Crippen molar-refractivity contribution < 1.29 is 9.53 Å². The number of carbonyl (C=O) groups is 1. The molecule has 0 aromatic carbocycles. The lowest BCUT2D eigenvalue weighted by Gasteiger charge is -2.32. The Kier molecular flexibility index (Phi) is 4.21. The third-order valence-corrected chi connectivity index (χ3v) is 4.67. The molecule has 2 saturated heterocycles. The van der Waals surface area contributed by atoms with Crippen LogP contribution in [-0.4, -0.2) is 41.3 Å². The minimum absolute atomic E-state index is 0.150. The van der Waals surface area contributed by atoms with E-state index in [0.29, 0.717) is 0 Å². The van der Waals surface area contributed by atoms with Crippen molar-refractivity contribution >= 4 is 5.91 Å². The molecule has 0 bridgehead atoms. The molecule has 1 amide bonds. The molecule has 2 heterocycles. The smallest absolute Gasteiger partial charge is 0.243 e. The van der Waals surface area contributed by atoms with Crippen LogP contribution in [0.3, 0.4) is 0 Å². The average molecular weight is 268 g/mol. The molecule has 2 aliphatic rings. The van der Waals surface area contributed by atoms with E-state index in [1.807, 2.05) is 11.8 Å². The van der Waals surface area contributed by atoms with E-state index in [2.05, 4.69) is 26.1 Å². The maximum Gasteiger partial charge on any atom is 0.243 e.